The molecule has 2 amide bonds. The van der Waals surface area contributed by atoms with Crippen molar-refractivity contribution in [3.63, 3.8) is 0 Å². The zero-order valence-corrected chi connectivity index (χ0v) is 14.2. The van der Waals surface area contributed by atoms with Crippen LogP contribution < -0.4 is 11.1 Å². The van der Waals surface area contributed by atoms with E-state index >= 15 is 0 Å². The lowest BCUT2D eigenvalue weighted by molar-refractivity contribution is -0.131. The van der Waals surface area contributed by atoms with Crippen molar-refractivity contribution in [1.82, 2.24) is 9.88 Å². The highest BCUT2D eigenvalue weighted by molar-refractivity contribution is 7.13. The monoisotopic (exact) mass is 324 g/mol. The molecule has 1 aliphatic rings. The minimum Gasteiger partial charge on any atom is -0.341 e. The number of aromatic nitrogens is 1. The third-order valence-electron chi connectivity index (χ3n) is 3.60. The highest BCUT2D eigenvalue weighted by Crippen LogP contribution is 2.21. The molecule has 3 N–H and O–H groups in total. The fourth-order valence-corrected chi connectivity index (χ4v) is 2.94. The van der Waals surface area contributed by atoms with Gasteiger partial charge in [0.2, 0.25) is 11.8 Å². The zero-order chi connectivity index (χ0) is 16.3. The molecule has 0 radical (unpaired) electrons. The lowest BCUT2D eigenvalue weighted by Gasteiger charge is -2.30. The Morgan fingerprint density at radius 1 is 1.50 bits per heavy atom. The standard InChI is InChI=1S/C15H24N4O2S/c1-15(2,3)13(21)18-14-17-11(9-22-14)7-12(20)19-6-4-5-10(16)8-19/h9-10H,4-8,16H2,1-3H3,(H,17,18,21). The summed E-state index contributed by atoms with van der Waals surface area (Å²) in [5.41, 5.74) is 6.13. The SMILES string of the molecule is CC(C)(C)C(=O)Nc1nc(CC(=O)N2CCCC(N)C2)cs1. The molecule has 1 aromatic heterocycles. The quantitative estimate of drug-likeness (QED) is 0.884. The second-order valence-corrected chi connectivity index (χ2v) is 7.63. The van der Waals surface area contributed by atoms with E-state index in [-0.39, 0.29) is 24.3 Å². The summed E-state index contributed by atoms with van der Waals surface area (Å²) in [7, 11) is 0. The molecule has 0 spiro atoms. The first-order chi connectivity index (χ1) is 10.3. The molecule has 1 aromatic rings. The van der Waals surface area contributed by atoms with Crippen LogP contribution in [0.15, 0.2) is 5.38 Å². The van der Waals surface area contributed by atoms with Crippen LogP contribution in [0.4, 0.5) is 5.13 Å². The van der Waals surface area contributed by atoms with Crippen LogP contribution in [-0.4, -0.2) is 40.8 Å². The highest BCUT2D eigenvalue weighted by Gasteiger charge is 2.24. The van der Waals surface area contributed by atoms with Crippen LogP contribution in [0.1, 0.15) is 39.3 Å². The number of hydrogen-bond donors (Lipinski definition) is 2. The minimum atomic E-state index is -0.467. The van der Waals surface area contributed by atoms with E-state index in [1.165, 1.54) is 11.3 Å². The van der Waals surface area contributed by atoms with E-state index in [1.807, 2.05) is 26.2 Å². The molecule has 2 rings (SSSR count). The lowest BCUT2D eigenvalue weighted by Crippen LogP contribution is -2.46. The summed E-state index contributed by atoms with van der Waals surface area (Å²) in [4.78, 5) is 30.3. The van der Waals surface area contributed by atoms with E-state index in [1.54, 1.807) is 4.90 Å². The molecule has 1 aliphatic heterocycles. The van der Waals surface area contributed by atoms with Gasteiger partial charge >= 0.3 is 0 Å². The molecule has 6 nitrogen and oxygen atoms in total. The average Bonchev–Trinajstić information content (AvgIpc) is 2.85. The molecule has 1 atom stereocenters. The van der Waals surface area contributed by atoms with Gasteiger partial charge in [0.15, 0.2) is 5.13 Å². The molecule has 0 saturated carbocycles. The third-order valence-corrected chi connectivity index (χ3v) is 4.40. The number of piperidine rings is 1. The smallest absolute Gasteiger partial charge is 0.231 e. The first-order valence-corrected chi connectivity index (χ1v) is 8.43. The van der Waals surface area contributed by atoms with Crippen molar-refractivity contribution in [1.29, 1.82) is 0 Å². The Morgan fingerprint density at radius 3 is 2.86 bits per heavy atom. The molecule has 1 saturated heterocycles. The van der Waals surface area contributed by atoms with E-state index in [0.717, 1.165) is 19.4 Å². The molecule has 7 heteroatoms. The molecule has 0 aromatic carbocycles. The van der Waals surface area contributed by atoms with Gasteiger partial charge in [-0.3, -0.25) is 9.59 Å². The molecule has 0 bridgehead atoms. The van der Waals surface area contributed by atoms with Gasteiger partial charge in [-0.05, 0) is 12.8 Å². The first kappa shape index (κ1) is 16.9. The second kappa shape index (κ2) is 6.75. The fraction of sp³-hybridized carbons (Fsp3) is 0.667. The Balaban J connectivity index is 1.91. The van der Waals surface area contributed by atoms with Gasteiger partial charge in [0, 0.05) is 29.9 Å². The Morgan fingerprint density at radius 2 is 2.23 bits per heavy atom. The Hall–Kier alpha value is -1.47. The molecule has 122 valence electrons. The molecule has 1 fully saturated rings. The number of amides is 2. The van der Waals surface area contributed by atoms with Crippen molar-refractivity contribution in [2.24, 2.45) is 11.1 Å². The van der Waals surface area contributed by atoms with Gasteiger partial charge < -0.3 is 16.0 Å². The molecular weight excluding hydrogens is 300 g/mol. The molecule has 1 unspecified atom stereocenters. The van der Waals surface area contributed by atoms with Crippen molar-refractivity contribution in [3.8, 4) is 0 Å². The lowest BCUT2D eigenvalue weighted by atomic mass is 9.96. The summed E-state index contributed by atoms with van der Waals surface area (Å²) in [6.07, 6.45) is 2.19. The van der Waals surface area contributed by atoms with E-state index in [4.69, 9.17) is 5.73 Å². The zero-order valence-electron chi connectivity index (χ0n) is 13.4. The van der Waals surface area contributed by atoms with Crippen LogP contribution in [0.2, 0.25) is 0 Å². The number of nitrogens with one attached hydrogen (secondary N) is 1. The highest BCUT2D eigenvalue weighted by atomic mass is 32.1. The summed E-state index contributed by atoms with van der Waals surface area (Å²) in [6.45, 7) is 6.93. The predicted molar refractivity (Wildman–Crippen MR) is 87.7 cm³/mol. The van der Waals surface area contributed by atoms with Gasteiger partial charge in [-0.25, -0.2) is 4.98 Å². The van der Waals surface area contributed by atoms with E-state index < -0.39 is 5.41 Å². The minimum absolute atomic E-state index is 0.0501. The number of carbonyl (C=O) groups is 2. The molecule has 0 aliphatic carbocycles. The summed E-state index contributed by atoms with van der Waals surface area (Å²) in [6, 6.07) is 0.0785. The van der Waals surface area contributed by atoms with Crippen molar-refractivity contribution in [3.05, 3.63) is 11.1 Å². The van der Waals surface area contributed by atoms with Crippen molar-refractivity contribution < 1.29 is 9.59 Å². The van der Waals surface area contributed by atoms with E-state index in [9.17, 15) is 9.59 Å². The maximum absolute atomic E-state index is 12.3. The van der Waals surface area contributed by atoms with E-state index in [2.05, 4.69) is 10.3 Å². The number of nitrogens with two attached hydrogens (primary N) is 1. The van der Waals surface area contributed by atoms with Crippen molar-refractivity contribution in [2.75, 3.05) is 18.4 Å². The number of thiazole rings is 1. The van der Waals surface area contributed by atoms with Gasteiger partial charge in [-0.1, -0.05) is 20.8 Å². The topological polar surface area (TPSA) is 88.3 Å². The van der Waals surface area contributed by atoms with Gasteiger partial charge in [0.25, 0.3) is 0 Å². The van der Waals surface area contributed by atoms with Crippen LogP contribution in [0.25, 0.3) is 0 Å². The summed E-state index contributed by atoms with van der Waals surface area (Å²) in [5, 5.41) is 5.15. The largest absolute Gasteiger partial charge is 0.341 e. The summed E-state index contributed by atoms with van der Waals surface area (Å²) >= 11 is 1.34. The summed E-state index contributed by atoms with van der Waals surface area (Å²) < 4.78 is 0. The van der Waals surface area contributed by atoms with Crippen molar-refractivity contribution in [2.45, 2.75) is 46.1 Å². The van der Waals surface area contributed by atoms with Gasteiger partial charge in [-0.15, -0.1) is 11.3 Å². The van der Waals surface area contributed by atoms with Crippen LogP contribution in [0.5, 0.6) is 0 Å². The number of carbonyl (C=O) groups excluding carboxylic acids is 2. The predicted octanol–water partition coefficient (Wildman–Crippen LogP) is 1.62. The number of nitrogens with zero attached hydrogens (tertiary/aromatic N) is 2. The number of rotatable bonds is 3. The average molecular weight is 324 g/mol. The Bertz CT molecular complexity index is 550. The fourth-order valence-electron chi connectivity index (χ4n) is 2.23. The van der Waals surface area contributed by atoms with Crippen LogP contribution in [-0.2, 0) is 16.0 Å². The maximum Gasteiger partial charge on any atom is 0.231 e. The normalized spacial score (nSPS) is 19.1. The first-order valence-electron chi connectivity index (χ1n) is 7.55. The maximum atomic E-state index is 12.3. The molecule has 2 heterocycles. The second-order valence-electron chi connectivity index (χ2n) is 6.77. The van der Waals surface area contributed by atoms with Crippen LogP contribution in [0.3, 0.4) is 0 Å². The van der Waals surface area contributed by atoms with Gasteiger partial charge in [0.1, 0.15) is 0 Å². The Kier molecular flexibility index (Phi) is 5.18. The number of anilines is 1. The number of likely N-dealkylation sites (tertiary alicyclic amines) is 1. The van der Waals surface area contributed by atoms with Crippen LogP contribution in [0, 0.1) is 5.41 Å². The van der Waals surface area contributed by atoms with E-state index in [0.29, 0.717) is 17.4 Å². The van der Waals surface area contributed by atoms with Crippen LogP contribution >= 0.6 is 11.3 Å². The van der Waals surface area contributed by atoms with Gasteiger partial charge in [0.05, 0.1) is 12.1 Å². The number of hydrogen-bond acceptors (Lipinski definition) is 5. The van der Waals surface area contributed by atoms with Gasteiger partial charge in [-0.2, -0.15) is 0 Å². The molecule has 22 heavy (non-hydrogen) atoms. The third kappa shape index (κ3) is 4.51. The molecular formula is C15H24N4O2S. The Labute approximate surface area is 135 Å². The summed E-state index contributed by atoms with van der Waals surface area (Å²) in [5.74, 6) is -0.0316. The van der Waals surface area contributed by atoms with Crippen molar-refractivity contribution >= 4 is 28.3 Å².